The number of hydrazine groups is 1. The highest BCUT2D eigenvalue weighted by molar-refractivity contribution is 7.80. The largest absolute Gasteiger partial charge is 0.362 e. The summed E-state index contributed by atoms with van der Waals surface area (Å²) in [5.74, 6) is 0.814. The fourth-order valence-electron chi connectivity index (χ4n) is 2.51. The van der Waals surface area contributed by atoms with Crippen LogP contribution >= 0.6 is 23.6 Å². The number of aromatic nitrogens is 2. The molecule has 0 aliphatic heterocycles. The monoisotopic (exact) mass is 307 g/mol. The maximum absolute atomic E-state index is 5.15. The molecule has 2 heterocycles. The third-order valence-corrected chi connectivity index (χ3v) is 4.83. The topological polar surface area (TPSA) is 61.9 Å². The van der Waals surface area contributed by atoms with Crippen molar-refractivity contribution in [3.05, 3.63) is 16.8 Å². The summed E-state index contributed by atoms with van der Waals surface area (Å²) < 4.78 is 0. The van der Waals surface area contributed by atoms with Crippen LogP contribution in [-0.2, 0) is 12.8 Å². The molecule has 2 aromatic heterocycles. The van der Waals surface area contributed by atoms with Crippen LogP contribution < -0.4 is 16.2 Å². The number of rotatable bonds is 3. The van der Waals surface area contributed by atoms with Gasteiger partial charge in [0, 0.05) is 11.4 Å². The second-order valence-corrected chi connectivity index (χ2v) is 6.21. The maximum atomic E-state index is 5.15. The molecule has 1 aliphatic carbocycles. The Kier molecular flexibility index (Phi) is 3.98. The third-order valence-electron chi connectivity index (χ3n) is 3.38. The van der Waals surface area contributed by atoms with Gasteiger partial charge in [-0.2, -0.15) is 0 Å². The molecule has 0 atom stereocenters. The molecule has 0 bridgehead atoms. The van der Waals surface area contributed by atoms with Crippen molar-refractivity contribution in [1.29, 1.82) is 0 Å². The van der Waals surface area contributed by atoms with Crippen LogP contribution in [-0.4, -0.2) is 21.6 Å². The molecule has 3 rings (SSSR count). The van der Waals surface area contributed by atoms with E-state index in [1.54, 1.807) is 17.7 Å². The zero-order chi connectivity index (χ0) is 13.9. The lowest BCUT2D eigenvalue weighted by Gasteiger charge is -2.14. The van der Waals surface area contributed by atoms with Gasteiger partial charge in [0.15, 0.2) is 10.9 Å². The highest BCUT2D eigenvalue weighted by Crippen LogP contribution is 2.37. The zero-order valence-corrected chi connectivity index (χ0v) is 13.0. The van der Waals surface area contributed by atoms with Crippen LogP contribution in [0, 0.1) is 0 Å². The first-order chi connectivity index (χ1) is 9.79. The molecule has 106 valence electrons. The summed E-state index contributed by atoms with van der Waals surface area (Å²) >= 11 is 6.94. The number of thiophene rings is 1. The fraction of sp³-hybridized carbons (Fsp3) is 0.462. The maximum Gasteiger partial charge on any atom is 0.185 e. The van der Waals surface area contributed by atoms with Crippen molar-refractivity contribution in [2.75, 3.05) is 12.0 Å². The molecule has 0 fully saturated rings. The predicted molar refractivity (Wildman–Crippen MR) is 87.1 cm³/mol. The van der Waals surface area contributed by atoms with E-state index >= 15 is 0 Å². The summed E-state index contributed by atoms with van der Waals surface area (Å²) in [6, 6.07) is 0. The zero-order valence-electron chi connectivity index (χ0n) is 11.3. The van der Waals surface area contributed by atoms with Gasteiger partial charge >= 0.3 is 0 Å². The number of thiocarbonyl (C=S) groups is 1. The first-order valence-corrected chi connectivity index (χ1v) is 8.07. The molecule has 5 nitrogen and oxygen atoms in total. The lowest BCUT2D eigenvalue weighted by atomic mass is 9.97. The van der Waals surface area contributed by atoms with Gasteiger partial charge in [-0.1, -0.05) is 0 Å². The molecule has 3 N–H and O–H groups in total. The first kappa shape index (κ1) is 13.5. The number of fused-ring (bicyclic) bond motifs is 3. The van der Waals surface area contributed by atoms with E-state index in [9.17, 15) is 0 Å². The van der Waals surface area contributed by atoms with Crippen molar-refractivity contribution in [2.45, 2.75) is 32.6 Å². The second-order valence-electron chi connectivity index (χ2n) is 4.72. The Balaban J connectivity index is 1.90. The summed E-state index contributed by atoms with van der Waals surface area (Å²) in [4.78, 5) is 11.3. The second kappa shape index (κ2) is 5.88. The summed E-state index contributed by atoms with van der Waals surface area (Å²) in [5, 5.41) is 4.76. The Bertz CT molecular complexity index is 637. The molecule has 0 amide bonds. The van der Waals surface area contributed by atoms with E-state index in [4.69, 9.17) is 12.2 Å². The van der Waals surface area contributed by atoms with E-state index in [0.29, 0.717) is 5.11 Å². The summed E-state index contributed by atoms with van der Waals surface area (Å²) in [6.07, 6.45) is 6.41. The summed E-state index contributed by atoms with van der Waals surface area (Å²) in [7, 11) is 0. The van der Waals surface area contributed by atoms with E-state index in [-0.39, 0.29) is 0 Å². The van der Waals surface area contributed by atoms with E-state index in [1.165, 1.54) is 29.7 Å². The lowest BCUT2D eigenvalue weighted by molar-refractivity contribution is 0.700. The Morgan fingerprint density at radius 1 is 1.35 bits per heavy atom. The van der Waals surface area contributed by atoms with Gasteiger partial charge in [-0.05, 0) is 50.4 Å². The summed E-state index contributed by atoms with van der Waals surface area (Å²) in [5.41, 5.74) is 7.50. The molecule has 0 unspecified atom stereocenters. The average molecular weight is 307 g/mol. The van der Waals surface area contributed by atoms with Crippen LogP contribution in [0.25, 0.3) is 10.2 Å². The van der Waals surface area contributed by atoms with Gasteiger partial charge < -0.3 is 5.32 Å². The Labute approximate surface area is 127 Å². The Morgan fingerprint density at radius 3 is 3.05 bits per heavy atom. The minimum atomic E-state index is 0.573. The molecule has 0 saturated carbocycles. The molecule has 20 heavy (non-hydrogen) atoms. The number of nitrogens with zero attached hydrogens (tertiary/aromatic N) is 2. The van der Waals surface area contributed by atoms with Crippen LogP contribution in [0.3, 0.4) is 0 Å². The van der Waals surface area contributed by atoms with E-state index < -0.39 is 0 Å². The lowest BCUT2D eigenvalue weighted by Crippen LogP contribution is -2.38. The molecule has 0 spiro atoms. The quantitative estimate of drug-likeness (QED) is 0.598. The van der Waals surface area contributed by atoms with Crippen LogP contribution in [0.4, 0.5) is 5.82 Å². The molecule has 0 saturated heterocycles. The highest BCUT2D eigenvalue weighted by atomic mass is 32.1. The standard InChI is InChI=1S/C13H17N5S2/c1-2-14-13(19)18-17-11-10-8-5-3-4-6-9(8)20-12(10)16-7-15-11/h7H,2-6H2,1H3,(H2,14,18,19)(H,15,16,17). The Hall–Kier alpha value is -1.47. The molecule has 7 heteroatoms. The van der Waals surface area contributed by atoms with E-state index in [1.807, 2.05) is 6.92 Å². The minimum absolute atomic E-state index is 0.573. The number of hydrogen-bond acceptors (Lipinski definition) is 5. The van der Waals surface area contributed by atoms with Crippen molar-refractivity contribution >= 4 is 44.7 Å². The van der Waals surface area contributed by atoms with Gasteiger partial charge in [-0.3, -0.25) is 10.9 Å². The predicted octanol–water partition coefficient (Wildman–Crippen LogP) is 2.38. The number of nitrogens with one attached hydrogen (secondary N) is 3. The normalized spacial score (nSPS) is 13.8. The number of anilines is 1. The minimum Gasteiger partial charge on any atom is -0.362 e. The first-order valence-electron chi connectivity index (χ1n) is 6.84. The molecular weight excluding hydrogens is 290 g/mol. The average Bonchev–Trinajstić information content (AvgIpc) is 2.84. The van der Waals surface area contributed by atoms with Gasteiger partial charge in [0.05, 0.1) is 5.39 Å². The highest BCUT2D eigenvalue weighted by Gasteiger charge is 2.19. The number of aryl methyl sites for hydroxylation is 2. The van der Waals surface area contributed by atoms with Crippen molar-refractivity contribution in [3.63, 3.8) is 0 Å². The van der Waals surface area contributed by atoms with Gasteiger partial charge in [-0.25, -0.2) is 9.97 Å². The number of hydrogen-bond donors (Lipinski definition) is 3. The molecule has 0 radical (unpaired) electrons. The van der Waals surface area contributed by atoms with Crippen molar-refractivity contribution < 1.29 is 0 Å². The van der Waals surface area contributed by atoms with Crippen molar-refractivity contribution in [1.82, 2.24) is 20.7 Å². The smallest absolute Gasteiger partial charge is 0.185 e. The van der Waals surface area contributed by atoms with Crippen LogP contribution in [0.2, 0.25) is 0 Å². The van der Waals surface area contributed by atoms with Crippen LogP contribution in [0.5, 0.6) is 0 Å². The van der Waals surface area contributed by atoms with Crippen molar-refractivity contribution in [3.8, 4) is 0 Å². The van der Waals surface area contributed by atoms with E-state index in [0.717, 1.165) is 29.0 Å². The Morgan fingerprint density at radius 2 is 2.20 bits per heavy atom. The van der Waals surface area contributed by atoms with Gasteiger partial charge in [0.2, 0.25) is 0 Å². The summed E-state index contributed by atoms with van der Waals surface area (Å²) in [6.45, 7) is 2.80. The van der Waals surface area contributed by atoms with Gasteiger partial charge in [0.25, 0.3) is 0 Å². The molecule has 1 aliphatic rings. The SMILES string of the molecule is CCNC(=S)NNc1ncnc2sc3c(c12)CCCC3. The fourth-order valence-corrected chi connectivity index (χ4v) is 3.93. The molecule has 0 aromatic carbocycles. The molecular formula is C13H17N5S2. The van der Waals surface area contributed by atoms with Gasteiger partial charge in [0.1, 0.15) is 11.2 Å². The van der Waals surface area contributed by atoms with Crippen molar-refractivity contribution in [2.24, 2.45) is 0 Å². The van der Waals surface area contributed by atoms with Gasteiger partial charge in [-0.15, -0.1) is 11.3 Å². The van der Waals surface area contributed by atoms with Crippen LogP contribution in [0.15, 0.2) is 6.33 Å². The van der Waals surface area contributed by atoms with E-state index in [2.05, 4.69) is 26.1 Å². The molecule has 2 aromatic rings. The third kappa shape index (κ3) is 2.55. The van der Waals surface area contributed by atoms with Crippen LogP contribution in [0.1, 0.15) is 30.2 Å².